The van der Waals surface area contributed by atoms with Crippen LogP contribution in [0.5, 0.6) is 5.75 Å². The Kier molecular flexibility index (Phi) is 5.77. The fourth-order valence-electron chi connectivity index (χ4n) is 2.19. The molecule has 0 radical (unpaired) electrons. The fourth-order valence-corrected chi connectivity index (χ4v) is 2.92. The summed E-state index contributed by atoms with van der Waals surface area (Å²) in [4.78, 5) is 23.9. The first-order valence-corrected chi connectivity index (χ1v) is 8.93. The molecular weight excluding hydrogens is 370 g/mol. The summed E-state index contributed by atoms with van der Waals surface area (Å²) in [5.41, 5.74) is 0.514. The molecule has 2 aromatic heterocycles. The van der Waals surface area contributed by atoms with Crippen molar-refractivity contribution >= 4 is 29.3 Å². The molecule has 3 rings (SSSR count). The SMILES string of the molecule is Cn1c(CNC(=O)c2ccco2)nnc1SCC(=O)Nc1cccc(O)c1. The lowest BCUT2D eigenvalue weighted by Crippen LogP contribution is -2.24. The van der Waals surface area contributed by atoms with E-state index in [0.29, 0.717) is 16.7 Å². The maximum Gasteiger partial charge on any atom is 0.287 e. The maximum absolute atomic E-state index is 12.0. The quantitative estimate of drug-likeness (QED) is 0.528. The third kappa shape index (κ3) is 4.88. The fraction of sp³-hybridized carbons (Fsp3) is 0.176. The van der Waals surface area contributed by atoms with Crippen LogP contribution < -0.4 is 10.6 Å². The zero-order valence-electron chi connectivity index (χ0n) is 14.4. The molecule has 0 fully saturated rings. The highest BCUT2D eigenvalue weighted by molar-refractivity contribution is 7.99. The molecule has 2 heterocycles. The zero-order valence-corrected chi connectivity index (χ0v) is 15.2. The molecule has 0 aliphatic carbocycles. The summed E-state index contributed by atoms with van der Waals surface area (Å²) in [7, 11) is 1.75. The van der Waals surface area contributed by atoms with Crippen LogP contribution in [0.2, 0.25) is 0 Å². The van der Waals surface area contributed by atoms with Gasteiger partial charge in [0.1, 0.15) is 5.75 Å². The molecule has 0 spiro atoms. The van der Waals surface area contributed by atoms with E-state index in [2.05, 4.69) is 20.8 Å². The summed E-state index contributed by atoms with van der Waals surface area (Å²) in [5, 5.41) is 23.4. The van der Waals surface area contributed by atoms with Crippen LogP contribution in [0.25, 0.3) is 0 Å². The first kappa shape index (κ1) is 18.5. The number of furan rings is 1. The second kappa shape index (κ2) is 8.41. The number of aromatic hydroxyl groups is 1. The Morgan fingerprint density at radius 1 is 1.26 bits per heavy atom. The summed E-state index contributed by atoms with van der Waals surface area (Å²) in [6.45, 7) is 0.180. The van der Waals surface area contributed by atoms with Crippen LogP contribution in [0.15, 0.2) is 52.2 Å². The van der Waals surface area contributed by atoms with Gasteiger partial charge in [-0.1, -0.05) is 17.8 Å². The molecule has 0 bridgehead atoms. The topological polar surface area (TPSA) is 122 Å². The minimum atomic E-state index is -0.345. The number of phenolic OH excluding ortho intramolecular Hbond substituents is 1. The van der Waals surface area contributed by atoms with Gasteiger partial charge in [-0.05, 0) is 24.3 Å². The molecule has 3 N–H and O–H groups in total. The number of hydrogen-bond acceptors (Lipinski definition) is 7. The Morgan fingerprint density at radius 3 is 2.85 bits per heavy atom. The number of benzene rings is 1. The van der Waals surface area contributed by atoms with Crippen molar-refractivity contribution in [3.05, 3.63) is 54.2 Å². The number of rotatable bonds is 7. The minimum Gasteiger partial charge on any atom is -0.508 e. The molecule has 140 valence electrons. The monoisotopic (exact) mass is 387 g/mol. The second-order valence-corrected chi connectivity index (χ2v) is 6.45. The largest absolute Gasteiger partial charge is 0.508 e. The number of thioether (sulfide) groups is 1. The van der Waals surface area contributed by atoms with Crippen LogP contribution in [-0.2, 0) is 18.4 Å². The Bertz CT molecular complexity index is 939. The van der Waals surface area contributed by atoms with E-state index in [0.717, 1.165) is 0 Å². The van der Waals surface area contributed by atoms with Gasteiger partial charge in [-0.2, -0.15) is 0 Å². The van der Waals surface area contributed by atoms with Crippen molar-refractivity contribution in [2.24, 2.45) is 7.05 Å². The van der Waals surface area contributed by atoms with Gasteiger partial charge < -0.3 is 24.7 Å². The molecule has 9 nitrogen and oxygen atoms in total. The van der Waals surface area contributed by atoms with E-state index >= 15 is 0 Å². The lowest BCUT2D eigenvalue weighted by molar-refractivity contribution is -0.113. The number of nitrogens with one attached hydrogen (secondary N) is 2. The van der Waals surface area contributed by atoms with Crippen LogP contribution in [0.4, 0.5) is 5.69 Å². The summed E-state index contributed by atoms with van der Waals surface area (Å²) in [5.74, 6) is 0.389. The summed E-state index contributed by atoms with van der Waals surface area (Å²) < 4.78 is 6.72. The van der Waals surface area contributed by atoms with Crippen molar-refractivity contribution in [3.8, 4) is 5.75 Å². The number of carbonyl (C=O) groups is 2. The van der Waals surface area contributed by atoms with Crippen molar-refractivity contribution < 1.29 is 19.1 Å². The zero-order chi connectivity index (χ0) is 19.2. The standard InChI is InChI=1S/C17H17N5O4S/c1-22-14(9-18-16(25)13-6-3-7-26-13)20-21-17(22)27-10-15(24)19-11-4-2-5-12(23)8-11/h2-8,23H,9-10H2,1H3,(H,18,25)(H,19,24). The second-order valence-electron chi connectivity index (χ2n) is 5.50. The Balaban J connectivity index is 1.51. The van der Waals surface area contributed by atoms with E-state index in [4.69, 9.17) is 4.42 Å². The van der Waals surface area contributed by atoms with E-state index in [9.17, 15) is 14.7 Å². The number of aromatic nitrogens is 3. The van der Waals surface area contributed by atoms with Crippen LogP contribution in [0, 0.1) is 0 Å². The minimum absolute atomic E-state index is 0.0787. The predicted molar refractivity (Wildman–Crippen MR) is 98.3 cm³/mol. The van der Waals surface area contributed by atoms with Gasteiger partial charge in [0.15, 0.2) is 16.7 Å². The van der Waals surface area contributed by atoms with Gasteiger partial charge in [0.05, 0.1) is 18.6 Å². The Hall–Kier alpha value is -3.27. The van der Waals surface area contributed by atoms with Gasteiger partial charge in [0.25, 0.3) is 5.91 Å². The molecule has 0 aliphatic heterocycles. The van der Waals surface area contributed by atoms with Crippen LogP contribution >= 0.6 is 11.8 Å². The summed E-state index contributed by atoms with van der Waals surface area (Å²) in [6.07, 6.45) is 1.42. The predicted octanol–water partition coefficient (Wildman–Crippen LogP) is 1.77. The van der Waals surface area contributed by atoms with Crippen LogP contribution in [0.1, 0.15) is 16.4 Å². The molecule has 2 amide bonds. The van der Waals surface area contributed by atoms with Crippen LogP contribution in [-0.4, -0.2) is 37.4 Å². The number of anilines is 1. The Labute approximate surface area is 158 Å². The van der Waals surface area contributed by atoms with E-state index in [1.54, 1.807) is 35.9 Å². The van der Waals surface area contributed by atoms with E-state index in [1.807, 2.05) is 0 Å². The molecule has 27 heavy (non-hydrogen) atoms. The number of amides is 2. The molecule has 0 saturated heterocycles. The van der Waals surface area contributed by atoms with Gasteiger partial charge in [-0.3, -0.25) is 9.59 Å². The highest BCUT2D eigenvalue weighted by atomic mass is 32.2. The van der Waals surface area contributed by atoms with Crippen molar-refractivity contribution in [2.75, 3.05) is 11.1 Å². The number of carbonyl (C=O) groups excluding carboxylic acids is 2. The van der Waals surface area contributed by atoms with Gasteiger partial charge >= 0.3 is 0 Å². The first-order chi connectivity index (χ1) is 13.0. The normalized spacial score (nSPS) is 10.6. The number of phenols is 1. The number of hydrogen-bond donors (Lipinski definition) is 3. The molecule has 3 aromatic rings. The van der Waals surface area contributed by atoms with Crippen LogP contribution in [0.3, 0.4) is 0 Å². The lowest BCUT2D eigenvalue weighted by atomic mass is 10.3. The number of nitrogens with zero attached hydrogens (tertiary/aromatic N) is 3. The molecule has 0 aliphatic rings. The van der Waals surface area contributed by atoms with Crippen molar-refractivity contribution in [1.29, 1.82) is 0 Å². The van der Waals surface area contributed by atoms with Crippen molar-refractivity contribution in [2.45, 2.75) is 11.7 Å². The smallest absolute Gasteiger partial charge is 0.287 e. The molecule has 0 atom stereocenters. The Morgan fingerprint density at radius 2 is 2.11 bits per heavy atom. The first-order valence-electron chi connectivity index (χ1n) is 7.94. The molecule has 0 saturated carbocycles. The molecule has 10 heteroatoms. The van der Waals surface area contributed by atoms with E-state index in [-0.39, 0.29) is 35.6 Å². The van der Waals surface area contributed by atoms with Gasteiger partial charge in [-0.25, -0.2) is 0 Å². The van der Waals surface area contributed by atoms with Crippen molar-refractivity contribution in [1.82, 2.24) is 20.1 Å². The third-order valence-electron chi connectivity index (χ3n) is 3.54. The van der Waals surface area contributed by atoms with Crippen molar-refractivity contribution in [3.63, 3.8) is 0 Å². The lowest BCUT2D eigenvalue weighted by Gasteiger charge is -2.06. The maximum atomic E-state index is 12.0. The molecule has 1 aromatic carbocycles. The third-order valence-corrected chi connectivity index (χ3v) is 4.56. The summed E-state index contributed by atoms with van der Waals surface area (Å²) in [6, 6.07) is 9.52. The average molecular weight is 387 g/mol. The summed E-state index contributed by atoms with van der Waals surface area (Å²) >= 11 is 1.22. The molecular formula is C17H17N5O4S. The van der Waals surface area contributed by atoms with Gasteiger partial charge in [-0.15, -0.1) is 10.2 Å². The van der Waals surface area contributed by atoms with E-state index in [1.165, 1.54) is 30.2 Å². The highest BCUT2D eigenvalue weighted by Crippen LogP contribution is 2.18. The average Bonchev–Trinajstić information content (AvgIpc) is 3.28. The van der Waals surface area contributed by atoms with Gasteiger partial charge in [0.2, 0.25) is 5.91 Å². The molecule has 0 unspecified atom stereocenters. The van der Waals surface area contributed by atoms with E-state index < -0.39 is 0 Å². The van der Waals surface area contributed by atoms with Gasteiger partial charge in [0, 0.05) is 18.8 Å². The highest BCUT2D eigenvalue weighted by Gasteiger charge is 2.14.